The smallest absolute Gasteiger partial charge is 0.229 e. The minimum absolute atomic E-state index is 0.0659. The fourth-order valence-electron chi connectivity index (χ4n) is 4.25. The highest BCUT2D eigenvalue weighted by atomic mass is 16.5. The summed E-state index contributed by atoms with van der Waals surface area (Å²) in [7, 11) is 3.10. The molecule has 8 heteroatoms. The first-order valence-corrected chi connectivity index (χ1v) is 10.7. The van der Waals surface area contributed by atoms with E-state index in [9.17, 15) is 14.4 Å². The number of carbonyl (C=O) groups excluding carboxylic acids is 3. The summed E-state index contributed by atoms with van der Waals surface area (Å²) < 4.78 is 10.9. The molecule has 2 aromatic carbocycles. The fourth-order valence-corrected chi connectivity index (χ4v) is 4.25. The maximum Gasteiger partial charge on any atom is 0.229 e. The largest absolute Gasteiger partial charge is 0.495 e. The first kappa shape index (κ1) is 21.7. The molecule has 2 heterocycles. The van der Waals surface area contributed by atoms with E-state index in [0.29, 0.717) is 41.5 Å². The van der Waals surface area contributed by atoms with E-state index in [2.05, 4.69) is 5.32 Å². The molecule has 168 valence electrons. The highest BCUT2D eigenvalue weighted by Gasteiger charge is 2.36. The van der Waals surface area contributed by atoms with Crippen LogP contribution in [0, 0.1) is 12.8 Å². The lowest BCUT2D eigenvalue weighted by Gasteiger charge is -2.21. The number of nitrogens with zero attached hydrogens (tertiary/aromatic N) is 2. The van der Waals surface area contributed by atoms with Gasteiger partial charge in [-0.2, -0.15) is 0 Å². The molecule has 1 N–H and O–H groups in total. The zero-order chi connectivity index (χ0) is 22.8. The third-order valence-electron chi connectivity index (χ3n) is 5.93. The van der Waals surface area contributed by atoms with E-state index in [1.54, 1.807) is 35.1 Å². The topological polar surface area (TPSA) is 88.2 Å². The Morgan fingerprint density at radius 1 is 0.969 bits per heavy atom. The number of benzene rings is 2. The molecular formula is C24H27N3O5. The Morgan fingerprint density at radius 3 is 2.44 bits per heavy atom. The lowest BCUT2D eigenvalue weighted by Crippen LogP contribution is -2.28. The minimum Gasteiger partial charge on any atom is -0.495 e. The average Bonchev–Trinajstić information content (AvgIpc) is 3.39. The van der Waals surface area contributed by atoms with E-state index in [1.165, 1.54) is 7.11 Å². The molecule has 2 fully saturated rings. The number of hydrogen-bond acceptors (Lipinski definition) is 5. The molecule has 1 unspecified atom stereocenters. The van der Waals surface area contributed by atoms with Crippen LogP contribution in [0.1, 0.15) is 24.8 Å². The van der Waals surface area contributed by atoms with Crippen molar-refractivity contribution in [3.05, 3.63) is 42.0 Å². The average molecular weight is 437 g/mol. The fraction of sp³-hybridized carbons (Fsp3) is 0.375. The van der Waals surface area contributed by atoms with Crippen LogP contribution in [0.3, 0.4) is 0 Å². The second kappa shape index (κ2) is 8.90. The summed E-state index contributed by atoms with van der Waals surface area (Å²) >= 11 is 0. The van der Waals surface area contributed by atoms with Gasteiger partial charge in [-0.05, 0) is 43.2 Å². The molecule has 2 aliphatic rings. The Labute approximate surface area is 187 Å². The van der Waals surface area contributed by atoms with Gasteiger partial charge in [0.05, 0.1) is 31.5 Å². The van der Waals surface area contributed by atoms with Crippen LogP contribution in [0.15, 0.2) is 36.4 Å². The second-order valence-corrected chi connectivity index (χ2v) is 8.11. The van der Waals surface area contributed by atoms with Crippen LogP contribution in [0.2, 0.25) is 0 Å². The molecule has 0 spiro atoms. The Bertz CT molecular complexity index is 1070. The Balaban J connectivity index is 1.48. The van der Waals surface area contributed by atoms with Crippen LogP contribution in [0.25, 0.3) is 0 Å². The van der Waals surface area contributed by atoms with E-state index < -0.39 is 5.92 Å². The number of nitrogens with one attached hydrogen (secondary N) is 1. The Kier molecular flexibility index (Phi) is 6.03. The maximum atomic E-state index is 12.9. The van der Waals surface area contributed by atoms with E-state index in [4.69, 9.17) is 9.47 Å². The number of hydrogen-bond donors (Lipinski definition) is 1. The third kappa shape index (κ3) is 4.12. The number of ether oxygens (including phenoxy) is 2. The van der Waals surface area contributed by atoms with Gasteiger partial charge >= 0.3 is 0 Å². The van der Waals surface area contributed by atoms with Crippen molar-refractivity contribution in [2.75, 3.05) is 42.4 Å². The molecular weight excluding hydrogens is 410 g/mol. The molecule has 2 saturated heterocycles. The van der Waals surface area contributed by atoms with Crippen molar-refractivity contribution in [3.63, 3.8) is 0 Å². The van der Waals surface area contributed by atoms with Gasteiger partial charge in [0.2, 0.25) is 17.7 Å². The van der Waals surface area contributed by atoms with E-state index in [1.807, 2.05) is 25.1 Å². The molecule has 32 heavy (non-hydrogen) atoms. The molecule has 2 aromatic rings. The minimum atomic E-state index is -0.487. The van der Waals surface area contributed by atoms with Crippen LogP contribution in [0.5, 0.6) is 11.5 Å². The summed E-state index contributed by atoms with van der Waals surface area (Å²) in [5, 5.41) is 2.89. The van der Waals surface area contributed by atoms with Crippen molar-refractivity contribution in [2.24, 2.45) is 5.92 Å². The molecule has 0 aromatic heterocycles. The predicted octanol–water partition coefficient (Wildman–Crippen LogP) is 3.13. The molecule has 4 rings (SSSR count). The van der Waals surface area contributed by atoms with Gasteiger partial charge in [0.25, 0.3) is 0 Å². The van der Waals surface area contributed by atoms with Gasteiger partial charge < -0.3 is 24.6 Å². The van der Waals surface area contributed by atoms with Gasteiger partial charge in [-0.15, -0.1) is 0 Å². The van der Waals surface area contributed by atoms with Gasteiger partial charge in [-0.25, -0.2) is 0 Å². The number of anilines is 3. The van der Waals surface area contributed by atoms with Crippen molar-refractivity contribution >= 4 is 34.8 Å². The first-order valence-electron chi connectivity index (χ1n) is 10.7. The van der Waals surface area contributed by atoms with Gasteiger partial charge in [-0.1, -0.05) is 6.07 Å². The van der Waals surface area contributed by atoms with Crippen LogP contribution in [0.4, 0.5) is 17.1 Å². The summed E-state index contributed by atoms with van der Waals surface area (Å²) in [5.74, 6) is 0.345. The zero-order valence-electron chi connectivity index (χ0n) is 18.5. The van der Waals surface area contributed by atoms with Crippen molar-refractivity contribution in [1.82, 2.24) is 0 Å². The quantitative estimate of drug-likeness (QED) is 0.750. The summed E-state index contributed by atoms with van der Waals surface area (Å²) in [6.07, 6.45) is 1.47. The van der Waals surface area contributed by atoms with Gasteiger partial charge in [0.15, 0.2) is 0 Å². The monoisotopic (exact) mass is 437 g/mol. The predicted molar refractivity (Wildman–Crippen MR) is 121 cm³/mol. The van der Waals surface area contributed by atoms with Crippen LogP contribution in [-0.2, 0) is 14.4 Å². The molecule has 2 aliphatic heterocycles. The number of aryl methyl sites for hydroxylation is 1. The number of amides is 3. The summed E-state index contributed by atoms with van der Waals surface area (Å²) in [4.78, 5) is 41.0. The normalized spacial score (nSPS) is 18.3. The summed E-state index contributed by atoms with van der Waals surface area (Å²) in [6, 6.07) is 10.9. The highest BCUT2D eigenvalue weighted by Crippen LogP contribution is 2.36. The number of rotatable bonds is 6. The highest BCUT2D eigenvalue weighted by molar-refractivity contribution is 6.04. The summed E-state index contributed by atoms with van der Waals surface area (Å²) in [6.45, 7) is 2.88. The van der Waals surface area contributed by atoms with Crippen LogP contribution in [-0.4, -0.2) is 45.0 Å². The van der Waals surface area contributed by atoms with Crippen LogP contribution < -0.4 is 24.6 Å². The number of carbonyl (C=O) groups is 3. The molecule has 0 saturated carbocycles. The molecule has 0 bridgehead atoms. The van der Waals surface area contributed by atoms with Crippen molar-refractivity contribution in [2.45, 2.75) is 26.2 Å². The van der Waals surface area contributed by atoms with Gasteiger partial charge in [-0.3, -0.25) is 14.4 Å². The second-order valence-electron chi connectivity index (χ2n) is 8.11. The molecule has 3 amide bonds. The Morgan fingerprint density at radius 2 is 1.75 bits per heavy atom. The van der Waals surface area contributed by atoms with Crippen molar-refractivity contribution < 1.29 is 23.9 Å². The molecule has 1 atom stereocenters. The molecule has 0 radical (unpaired) electrons. The van der Waals surface area contributed by atoms with Crippen LogP contribution >= 0.6 is 0 Å². The standard InChI is InChI=1S/C24H27N3O5/c1-15-6-9-20(31-2)19(11-15)27-14-16(12-23(27)29)24(30)25-17-7-8-18(21(13-17)32-3)26-10-4-5-22(26)28/h6-9,11,13,16H,4-5,10,12,14H2,1-3H3,(H,25,30). The van der Waals surface area contributed by atoms with Gasteiger partial charge in [0.1, 0.15) is 11.5 Å². The zero-order valence-corrected chi connectivity index (χ0v) is 18.5. The first-order chi connectivity index (χ1) is 15.4. The van der Waals surface area contributed by atoms with E-state index in [0.717, 1.165) is 12.0 Å². The summed E-state index contributed by atoms with van der Waals surface area (Å²) in [5.41, 5.74) is 2.93. The van der Waals surface area contributed by atoms with E-state index >= 15 is 0 Å². The molecule has 0 aliphatic carbocycles. The van der Waals surface area contributed by atoms with E-state index in [-0.39, 0.29) is 30.7 Å². The Hall–Kier alpha value is -3.55. The SMILES string of the molecule is COc1cc(NC(=O)C2CC(=O)N(c3cc(C)ccc3OC)C2)ccc1N1CCCC1=O. The molecule has 8 nitrogen and oxygen atoms in total. The van der Waals surface area contributed by atoms with Crippen molar-refractivity contribution in [3.8, 4) is 11.5 Å². The van der Waals surface area contributed by atoms with Crippen molar-refractivity contribution in [1.29, 1.82) is 0 Å². The lowest BCUT2D eigenvalue weighted by atomic mass is 10.1. The maximum absolute atomic E-state index is 12.9. The lowest BCUT2D eigenvalue weighted by molar-refractivity contribution is -0.122. The number of methoxy groups -OCH3 is 2. The van der Waals surface area contributed by atoms with Gasteiger partial charge in [0, 0.05) is 37.7 Å². The third-order valence-corrected chi connectivity index (χ3v) is 5.93.